The van der Waals surface area contributed by atoms with Gasteiger partial charge in [0.25, 0.3) is 5.69 Å². The smallest absolute Gasteiger partial charge is 0.419 e. The summed E-state index contributed by atoms with van der Waals surface area (Å²) < 4.78 is 17.9. The van der Waals surface area contributed by atoms with Gasteiger partial charge in [0.15, 0.2) is 0 Å². The van der Waals surface area contributed by atoms with E-state index in [1.807, 2.05) is 0 Å². The number of nitro groups is 1. The zero-order valence-corrected chi connectivity index (χ0v) is 25.9. The van der Waals surface area contributed by atoms with Crippen LogP contribution in [0.3, 0.4) is 0 Å². The van der Waals surface area contributed by atoms with Crippen LogP contribution in [0.2, 0.25) is 0 Å². The molecule has 0 saturated heterocycles. The van der Waals surface area contributed by atoms with E-state index < -0.39 is 39.9 Å². The Labute approximate surface area is 249 Å². The summed E-state index contributed by atoms with van der Waals surface area (Å²) in [6.07, 6.45) is 0.498. The number of imide groups is 1. The lowest BCUT2D eigenvalue weighted by Crippen LogP contribution is -2.49. The number of rotatable bonds is 6. The van der Waals surface area contributed by atoms with Crippen molar-refractivity contribution in [3.8, 4) is 5.82 Å². The molecule has 0 aliphatic heterocycles. The third-order valence-corrected chi connectivity index (χ3v) is 5.58. The standard InChI is InChI=1S/C29H38N6O8/c1-27(2,3)34(26(38)41-17-16-33(24(36)42-28(4,5)6)25(37)43-29(7,8)9)23-30-14-12-22(31-23)32-15-13-19-18-20(35(39)40)10-11-21(19)32/h10-15,18H,16-17H2,1-9H3. The highest BCUT2D eigenvalue weighted by Gasteiger charge is 2.34. The SMILES string of the molecule is CC(C)(C)OC(=O)N(CCOC(=O)N(c1nccc(-n2ccc3cc([N+](=O)[O-])ccc32)n1)C(C)(C)C)C(=O)OC(C)(C)C. The first-order valence-electron chi connectivity index (χ1n) is 13.6. The molecule has 0 N–H and O–H groups in total. The summed E-state index contributed by atoms with van der Waals surface area (Å²) in [6.45, 7) is 14.6. The molecule has 0 fully saturated rings. The normalized spacial score (nSPS) is 12.0. The van der Waals surface area contributed by atoms with Gasteiger partial charge in [-0.05, 0) is 80.5 Å². The molecule has 0 aliphatic rings. The van der Waals surface area contributed by atoms with Crippen LogP contribution in [0.15, 0.2) is 42.7 Å². The molecular formula is C29H38N6O8. The maximum absolute atomic E-state index is 13.4. The van der Waals surface area contributed by atoms with Crippen molar-refractivity contribution in [2.75, 3.05) is 18.1 Å². The summed E-state index contributed by atoms with van der Waals surface area (Å²) in [4.78, 5) is 60.5. The van der Waals surface area contributed by atoms with Gasteiger partial charge < -0.3 is 18.8 Å². The van der Waals surface area contributed by atoms with Crippen LogP contribution in [0.4, 0.5) is 26.0 Å². The number of amides is 3. The Kier molecular flexibility index (Phi) is 9.32. The lowest BCUT2D eigenvalue weighted by atomic mass is 10.1. The van der Waals surface area contributed by atoms with Crippen LogP contribution < -0.4 is 4.90 Å². The largest absolute Gasteiger partial charge is 0.447 e. The summed E-state index contributed by atoms with van der Waals surface area (Å²) in [5.41, 5.74) is -1.96. The molecule has 0 saturated carbocycles. The van der Waals surface area contributed by atoms with E-state index in [0.717, 1.165) is 4.90 Å². The van der Waals surface area contributed by atoms with Crippen molar-refractivity contribution in [2.24, 2.45) is 0 Å². The number of non-ortho nitro benzene ring substituents is 1. The van der Waals surface area contributed by atoms with Gasteiger partial charge in [-0.2, -0.15) is 4.98 Å². The van der Waals surface area contributed by atoms with E-state index in [-0.39, 0.29) is 24.8 Å². The van der Waals surface area contributed by atoms with Gasteiger partial charge >= 0.3 is 18.3 Å². The van der Waals surface area contributed by atoms with Crippen molar-refractivity contribution in [1.29, 1.82) is 0 Å². The molecule has 2 heterocycles. The first kappa shape index (κ1) is 32.8. The molecule has 0 unspecified atom stereocenters. The third kappa shape index (κ3) is 8.63. The van der Waals surface area contributed by atoms with Gasteiger partial charge in [-0.25, -0.2) is 29.2 Å². The molecule has 1 aromatic carbocycles. The number of nitrogens with zero attached hydrogens (tertiary/aromatic N) is 6. The number of anilines is 1. The summed E-state index contributed by atoms with van der Waals surface area (Å²) in [5.74, 6) is 0.451. The first-order valence-corrected chi connectivity index (χ1v) is 13.6. The summed E-state index contributed by atoms with van der Waals surface area (Å²) in [5, 5.41) is 11.8. The Bertz CT molecular complexity index is 1490. The van der Waals surface area contributed by atoms with E-state index in [1.165, 1.54) is 23.2 Å². The van der Waals surface area contributed by atoms with Crippen LogP contribution in [0, 0.1) is 10.1 Å². The Hall–Kier alpha value is -4.75. The number of carbonyl (C=O) groups excluding carboxylic acids is 3. The summed E-state index contributed by atoms with van der Waals surface area (Å²) in [7, 11) is 0. The lowest BCUT2D eigenvalue weighted by Gasteiger charge is -2.33. The van der Waals surface area contributed by atoms with Crippen molar-refractivity contribution in [1.82, 2.24) is 19.4 Å². The number of ether oxygens (including phenoxy) is 3. The van der Waals surface area contributed by atoms with Crippen LogP contribution in [-0.4, -0.2) is 72.5 Å². The second-order valence-corrected chi connectivity index (χ2v) is 12.6. The van der Waals surface area contributed by atoms with Gasteiger partial charge in [-0.1, -0.05) is 0 Å². The zero-order chi connectivity index (χ0) is 32.3. The second-order valence-electron chi connectivity index (χ2n) is 12.6. The molecular weight excluding hydrogens is 560 g/mol. The minimum atomic E-state index is -0.939. The predicted octanol–water partition coefficient (Wildman–Crippen LogP) is 6.24. The number of fused-ring (bicyclic) bond motifs is 1. The van der Waals surface area contributed by atoms with E-state index in [4.69, 9.17) is 14.2 Å². The van der Waals surface area contributed by atoms with Gasteiger partial charge in [0.05, 0.1) is 17.0 Å². The van der Waals surface area contributed by atoms with E-state index in [0.29, 0.717) is 16.7 Å². The third-order valence-electron chi connectivity index (χ3n) is 5.58. The number of carbonyl (C=O) groups is 3. The minimum absolute atomic E-state index is 0.0350. The monoisotopic (exact) mass is 598 g/mol. The van der Waals surface area contributed by atoms with E-state index in [9.17, 15) is 24.5 Å². The average molecular weight is 599 g/mol. The first-order chi connectivity index (χ1) is 19.8. The number of benzene rings is 1. The highest BCUT2D eigenvalue weighted by molar-refractivity contribution is 5.89. The molecule has 232 valence electrons. The van der Waals surface area contributed by atoms with E-state index in [1.54, 1.807) is 91.3 Å². The van der Waals surface area contributed by atoms with Crippen LogP contribution in [-0.2, 0) is 14.2 Å². The number of nitro benzene ring substituents is 1. The molecule has 3 rings (SSSR count). The number of hydrogen-bond donors (Lipinski definition) is 0. The lowest BCUT2D eigenvalue weighted by molar-refractivity contribution is -0.384. The molecule has 0 atom stereocenters. The maximum Gasteiger partial charge on any atom is 0.419 e. The molecule has 0 radical (unpaired) electrons. The fourth-order valence-corrected chi connectivity index (χ4v) is 3.86. The fourth-order valence-electron chi connectivity index (χ4n) is 3.86. The van der Waals surface area contributed by atoms with Crippen molar-refractivity contribution in [2.45, 2.75) is 79.1 Å². The van der Waals surface area contributed by atoms with Gasteiger partial charge in [0.1, 0.15) is 23.6 Å². The van der Waals surface area contributed by atoms with Gasteiger partial charge in [0.2, 0.25) is 5.95 Å². The Morgan fingerprint density at radius 2 is 1.51 bits per heavy atom. The van der Waals surface area contributed by atoms with Crippen LogP contribution in [0.1, 0.15) is 62.3 Å². The Morgan fingerprint density at radius 3 is 2.05 bits per heavy atom. The molecule has 3 amide bonds. The van der Waals surface area contributed by atoms with Crippen molar-refractivity contribution in [3.05, 3.63) is 52.8 Å². The highest BCUT2D eigenvalue weighted by atomic mass is 16.6. The molecule has 2 aromatic heterocycles. The van der Waals surface area contributed by atoms with Gasteiger partial charge in [-0.15, -0.1) is 0 Å². The topological polar surface area (TPSA) is 159 Å². The van der Waals surface area contributed by atoms with Crippen LogP contribution >= 0.6 is 0 Å². The van der Waals surface area contributed by atoms with E-state index >= 15 is 0 Å². The molecule has 0 spiro atoms. The predicted molar refractivity (Wildman–Crippen MR) is 158 cm³/mol. The fraction of sp³-hybridized carbons (Fsp3) is 0.483. The van der Waals surface area contributed by atoms with Crippen molar-refractivity contribution < 1.29 is 33.5 Å². The second kappa shape index (κ2) is 12.2. The summed E-state index contributed by atoms with van der Waals surface area (Å²) >= 11 is 0. The highest BCUT2D eigenvalue weighted by Crippen LogP contribution is 2.26. The molecule has 14 heteroatoms. The average Bonchev–Trinajstić information content (AvgIpc) is 3.27. The summed E-state index contributed by atoms with van der Waals surface area (Å²) in [6, 6.07) is 7.84. The number of hydrogen-bond acceptors (Lipinski definition) is 10. The van der Waals surface area contributed by atoms with Gasteiger partial charge in [0, 0.05) is 35.5 Å². The van der Waals surface area contributed by atoms with Crippen LogP contribution in [0.5, 0.6) is 0 Å². The zero-order valence-electron chi connectivity index (χ0n) is 25.9. The Morgan fingerprint density at radius 1 is 0.907 bits per heavy atom. The van der Waals surface area contributed by atoms with Crippen molar-refractivity contribution in [3.63, 3.8) is 0 Å². The molecule has 0 aliphatic carbocycles. The van der Waals surface area contributed by atoms with E-state index in [2.05, 4.69) is 9.97 Å². The Balaban J connectivity index is 1.84. The van der Waals surface area contributed by atoms with Gasteiger partial charge in [-0.3, -0.25) is 10.1 Å². The molecule has 3 aromatic rings. The number of aromatic nitrogens is 3. The van der Waals surface area contributed by atoms with Crippen molar-refractivity contribution >= 4 is 40.8 Å². The quantitative estimate of drug-likeness (QED) is 0.180. The van der Waals surface area contributed by atoms with Crippen LogP contribution in [0.25, 0.3) is 16.7 Å². The molecule has 14 nitrogen and oxygen atoms in total. The molecule has 43 heavy (non-hydrogen) atoms. The molecule has 0 bridgehead atoms. The minimum Gasteiger partial charge on any atom is -0.447 e. The maximum atomic E-state index is 13.4.